The highest BCUT2D eigenvalue weighted by molar-refractivity contribution is 5.78. The van der Waals surface area contributed by atoms with Crippen molar-refractivity contribution in [2.45, 2.75) is 52.2 Å². The van der Waals surface area contributed by atoms with Gasteiger partial charge < -0.3 is 15.7 Å². The number of amides is 1. The van der Waals surface area contributed by atoms with Gasteiger partial charge in [-0.2, -0.15) is 0 Å². The molecule has 4 nitrogen and oxygen atoms in total. The van der Waals surface area contributed by atoms with Crippen LogP contribution in [0, 0.1) is 5.41 Å². The van der Waals surface area contributed by atoms with E-state index in [0.717, 1.165) is 19.3 Å². The molecule has 1 fully saturated rings. The van der Waals surface area contributed by atoms with Crippen molar-refractivity contribution in [1.29, 1.82) is 0 Å². The Labute approximate surface area is 97.8 Å². The van der Waals surface area contributed by atoms with Crippen LogP contribution < -0.4 is 10.6 Å². The van der Waals surface area contributed by atoms with Gasteiger partial charge in [-0.3, -0.25) is 4.79 Å². The summed E-state index contributed by atoms with van der Waals surface area (Å²) in [5, 5.41) is 15.6. The molecule has 0 spiro atoms. The van der Waals surface area contributed by atoms with Crippen LogP contribution >= 0.6 is 0 Å². The lowest BCUT2D eigenvalue weighted by Gasteiger charge is -2.22. The third-order valence-electron chi connectivity index (χ3n) is 2.46. The van der Waals surface area contributed by atoms with Gasteiger partial charge in [0.05, 0.1) is 12.6 Å². The van der Waals surface area contributed by atoms with Crippen molar-refractivity contribution in [1.82, 2.24) is 10.6 Å². The molecule has 1 unspecified atom stereocenters. The highest BCUT2D eigenvalue weighted by Crippen LogP contribution is 2.20. The quantitative estimate of drug-likeness (QED) is 0.625. The van der Waals surface area contributed by atoms with Crippen molar-refractivity contribution in [3.8, 4) is 0 Å². The average molecular weight is 228 g/mol. The largest absolute Gasteiger partial charge is 0.392 e. The highest BCUT2D eigenvalue weighted by Gasteiger charge is 2.23. The van der Waals surface area contributed by atoms with E-state index >= 15 is 0 Å². The number of aliphatic hydroxyl groups is 1. The first-order valence-electron chi connectivity index (χ1n) is 6.05. The SMILES string of the molecule is CC(C)(C)CC(O)CNCC(=O)NC1CC1. The summed E-state index contributed by atoms with van der Waals surface area (Å²) in [6.07, 6.45) is 2.58. The maximum absolute atomic E-state index is 11.3. The molecular formula is C12H24N2O2. The maximum atomic E-state index is 11.3. The molecule has 0 heterocycles. The summed E-state index contributed by atoms with van der Waals surface area (Å²) in [4.78, 5) is 11.3. The van der Waals surface area contributed by atoms with Crippen LogP contribution in [0.15, 0.2) is 0 Å². The fourth-order valence-electron chi connectivity index (χ4n) is 1.64. The fraction of sp³-hybridized carbons (Fsp3) is 0.917. The van der Waals surface area contributed by atoms with Gasteiger partial charge >= 0.3 is 0 Å². The lowest BCUT2D eigenvalue weighted by molar-refractivity contribution is -0.120. The smallest absolute Gasteiger partial charge is 0.234 e. The van der Waals surface area contributed by atoms with Gasteiger partial charge in [0.1, 0.15) is 0 Å². The monoisotopic (exact) mass is 228 g/mol. The molecule has 1 aliphatic carbocycles. The van der Waals surface area contributed by atoms with Crippen LogP contribution in [0.1, 0.15) is 40.0 Å². The van der Waals surface area contributed by atoms with E-state index in [9.17, 15) is 9.90 Å². The zero-order valence-electron chi connectivity index (χ0n) is 10.5. The van der Waals surface area contributed by atoms with E-state index < -0.39 is 0 Å². The van der Waals surface area contributed by atoms with Gasteiger partial charge in [0.2, 0.25) is 5.91 Å². The van der Waals surface area contributed by atoms with Gasteiger partial charge in [0.15, 0.2) is 0 Å². The molecule has 1 atom stereocenters. The standard InChI is InChI=1S/C12H24N2O2/c1-12(2,3)6-10(15)7-13-8-11(16)14-9-4-5-9/h9-10,13,15H,4-8H2,1-3H3,(H,14,16). The normalized spacial score (nSPS) is 18.2. The van der Waals surface area contributed by atoms with Crippen molar-refractivity contribution in [2.24, 2.45) is 5.41 Å². The molecule has 0 aromatic heterocycles. The minimum atomic E-state index is -0.381. The van der Waals surface area contributed by atoms with Gasteiger partial charge in [-0.05, 0) is 24.7 Å². The Balaban J connectivity index is 2.02. The third kappa shape index (κ3) is 6.80. The third-order valence-corrected chi connectivity index (χ3v) is 2.46. The van der Waals surface area contributed by atoms with Gasteiger partial charge in [-0.1, -0.05) is 20.8 Å². The lowest BCUT2D eigenvalue weighted by Crippen LogP contribution is -2.38. The van der Waals surface area contributed by atoms with E-state index in [2.05, 4.69) is 31.4 Å². The first kappa shape index (κ1) is 13.5. The predicted molar refractivity (Wildman–Crippen MR) is 64.1 cm³/mol. The molecule has 1 amide bonds. The van der Waals surface area contributed by atoms with E-state index in [4.69, 9.17) is 0 Å². The Morgan fingerprint density at radius 2 is 2.06 bits per heavy atom. The lowest BCUT2D eigenvalue weighted by atomic mass is 9.89. The number of hydrogen-bond acceptors (Lipinski definition) is 3. The first-order chi connectivity index (χ1) is 7.37. The Morgan fingerprint density at radius 1 is 1.44 bits per heavy atom. The number of hydrogen-bond donors (Lipinski definition) is 3. The summed E-state index contributed by atoms with van der Waals surface area (Å²) in [5.74, 6) is 0.0328. The second kappa shape index (κ2) is 5.64. The van der Waals surface area contributed by atoms with E-state index in [0.29, 0.717) is 19.1 Å². The van der Waals surface area contributed by atoms with Gasteiger partial charge in [0.25, 0.3) is 0 Å². The topological polar surface area (TPSA) is 61.4 Å². The molecule has 0 aromatic carbocycles. The minimum absolute atomic E-state index is 0.0328. The number of nitrogens with one attached hydrogen (secondary N) is 2. The molecule has 0 aromatic rings. The molecule has 1 rings (SSSR count). The van der Waals surface area contributed by atoms with Crippen molar-refractivity contribution in [2.75, 3.05) is 13.1 Å². The maximum Gasteiger partial charge on any atom is 0.234 e. The molecule has 0 aliphatic heterocycles. The molecule has 0 bridgehead atoms. The molecule has 0 radical (unpaired) electrons. The van der Waals surface area contributed by atoms with Crippen LogP contribution in [0.2, 0.25) is 0 Å². The number of carbonyl (C=O) groups is 1. The summed E-state index contributed by atoms with van der Waals surface area (Å²) in [6.45, 7) is 7.06. The molecule has 4 heteroatoms. The van der Waals surface area contributed by atoms with Gasteiger partial charge in [-0.25, -0.2) is 0 Å². The van der Waals surface area contributed by atoms with Gasteiger partial charge in [0, 0.05) is 12.6 Å². The molecule has 16 heavy (non-hydrogen) atoms. The highest BCUT2D eigenvalue weighted by atomic mass is 16.3. The van der Waals surface area contributed by atoms with Crippen molar-refractivity contribution >= 4 is 5.91 Å². The average Bonchev–Trinajstić information content (AvgIpc) is 2.84. The molecule has 94 valence electrons. The summed E-state index contributed by atoms with van der Waals surface area (Å²) in [5.41, 5.74) is 0.122. The molecule has 1 aliphatic rings. The van der Waals surface area contributed by atoms with E-state index in [1.807, 2.05) is 0 Å². The summed E-state index contributed by atoms with van der Waals surface area (Å²) in [7, 11) is 0. The Kier molecular flexibility index (Phi) is 4.74. The molecule has 3 N–H and O–H groups in total. The van der Waals surface area contributed by atoms with E-state index in [1.54, 1.807) is 0 Å². The molecule has 1 saturated carbocycles. The van der Waals surface area contributed by atoms with Crippen molar-refractivity contribution in [3.05, 3.63) is 0 Å². The number of rotatable bonds is 6. The first-order valence-corrected chi connectivity index (χ1v) is 6.05. The van der Waals surface area contributed by atoms with E-state index in [-0.39, 0.29) is 17.4 Å². The van der Waals surface area contributed by atoms with Crippen LogP contribution in [-0.2, 0) is 4.79 Å². The Morgan fingerprint density at radius 3 is 2.56 bits per heavy atom. The summed E-state index contributed by atoms with van der Waals surface area (Å²) >= 11 is 0. The predicted octanol–water partition coefficient (Wildman–Crippen LogP) is 0.652. The summed E-state index contributed by atoms with van der Waals surface area (Å²) in [6, 6.07) is 0.411. The second-order valence-corrected chi connectivity index (χ2v) is 5.89. The Hall–Kier alpha value is -0.610. The summed E-state index contributed by atoms with van der Waals surface area (Å²) < 4.78 is 0. The van der Waals surface area contributed by atoms with Crippen molar-refractivity contribution < 1.29 is 9.90 Å². The van der Waals surface area contributed by atoms with Crippen LogP contribution in [-0.4, -0.2) is 36.2 Å². The zero-order chi connectivity index (χ0) is 12.2. The van der Waals surface area contributed by atoms with Gasteiger partial charge in [-0.15, -0.1) is 0 Å². The van der Waals surface area contributed by atoms with Crippen molar-refractivity contribution in [3.63, 3.8) is 0 Å². The fourth-order valence-corrected chi connectivity index (χ4v) is 1.64. The Bertz CT molecular complexity index is 232. The molecular weight excluding hydrogens is 204 g/mol. The van der Waals surface area contributed by atoms with Crippen LogP contribution in [0.3, 0.4) is 0 Å². The van der Waals surface area contributed by atoms with Crippen LogP contribution in [0.4, 0.5) is 0 Å². The molecule has 0 saturated heterocycles. The van der Waals surface area contributed by atoms with E-state index in [1.165, 1.54) is 0 Å². The van der Waals surface area contributed by atoms with Crippen LogP contribution in [0.5, 0.6) is 0 Å². The zero-order valence-corrected chi connectivity index (χ0v) is 10.5. The number of aliphatic hydroxyl groups excluding tert-OH is 1. The second-order valence-electron chi connectivity index (χ2n) is 5.89. The van der Waals surface area contributed by atoms with Crippen LogP contribution in [0.25, 0.3) is 0 Å². The minimum Gasteiger partial charge on any atom is -0.392 e. The number of carbonyl (C=O) groups excluding carboxylic acids is 1.